The summed E-state index contributed by atoms with van der Waals surface area (Å²) in [5, 5.41) is 0. The molecule has 1 amide bonds. The van der Waals surface area contributed by atoms with Gasteiger partial charge in [-0.2, -0.15) is 0 Å². The largest absolute Gasteiger partial charge is 0.381 e. The molecule has 1 heterocycles. The van der Waals surface area contributed by atoms with Crippen molar-refractivity contribution in [2.45, 2.75) is 44.6 Å². The highest BCUT2D eigenvalue weighted by atomic mass is 16.5. The predicted octanol–water partition coefficient (Wildman–Crippen LogP) is 2.16. The Labute approximate surface area is 108 Å². The van der Waals surface area contributed by atoms with Crippen LogP contribution in [0.3, 0.4) is 0 Å². The fourth-order valence-corrected chi connectivity index (χ4v) is 2.85. The van der Waals surface area contributed by atoms with Crippen molar-refractivity contribution in [3.63, 3.8) is 0 Å². The molecule has 0 atom stereocenters. The summed E-state index contributed by atoms with van der Waals surface area (Å²) < 4.78 is 5.38. The molecule has 1 aliphatic rings. The minimum atomic E-state index is -0.445. The lowest BCUT2D eigenvalue weighted by Crippen LogP contribution is -2.21. The molecule has 1 aromatic heterocycles. The summed E-state index contributed by atoms with van der Waals surface area (Å²) in [5.41, 5.74) is 7.89. The van der Waals surface area contributed by atoms with Crippen LogP contribution in [0.25, 0.3) is 0 Å². The van der Waals surface area contributed by atoms with Crippen molar-refractivity contribution < 1.29 is 9.53 Å². The van der Waals surface area contributed by atoms with Gasteiger partial charge in [0.05, 0.1) is 6.10 Å². The normalized spacial score (nSPS) is 23.9. The highest BCUT2D eigenvalue weighted by molar-refractivity contribution is 5.92. The second-order valence-electron chi connectivity index (χ2n) is 4.95. The Kier molecular flexibility index (Phi) is 3.97. The fourth-order valence-electron chi connectivity index (χ4n) is 2.85. The topological polar surface area (TPSA) is 65.2 Å². The van der Waals surface area contributed by atoms with E-state index in [2.05, 4.69) is 4.98 Å². The molecule has 4 heteroatoms. The molecular weight excluding hydrogens is 228 g/mol. The van der Waals surface area contributed by atoms with Crippen LogP contribution in [-0.4, -0.2) is 24.1 Å². The molecule has 0 aliphatic heterocycles. The fraction of sp³-hybridized carbons (Fsp3) is 0.571. The highest BCUT2D eigenvalue weighted by Gasteiger charge is 2.24. The number of pyridine rings is 1. The van der Waals surface area contributed by atoms with E-state index in [0.717, 1.165) is 31.2 Å². The Balaban J connectivity index is 2.19. The Morgan fingerprint density at radius 2 is 2.06 bits per heavy atom. The van der Waals surface area contributed by atoms with Crippen molar-refractivity contribution in [1.29, 1.82) is 0 Å². The van der Waals surface area contributed by atoms with Crippen molar-refractivity contribution in [2.75, 3.05) is 7.11 Å². The number of rotatable bonds is 3. The lowest BCUT2D eigenvalue weighted by molar-refractivity contribution is 0.0658. The van der Waals surface area contributed by atoms with E-state index < -0.39 is 5.91 Å². The molecule has 0 bridgehead atoms. The van der Waals surface area contributed by atoms with E-state index >= 15 is 0 Å². The molecule has 1 saturated carbocycles. The van der Waals surface area contributed by atoms with Gasteiger partial charge in [-0.25, -0.2) is 0 Å². The lowest BCUT2D eigenvalue weighted by atomic mass is 9.81. The van der Waals surface area contributed by atoms with E-state index in [0.29, 0.717) is 17.7 Å². The average Bonchev–Trinajstić information content (AvgIpc) is 2.39. The number of carbonyl (C=O) groups is 1. The van der Waals surface area contributed by atoms with Gasteiger partial charge in [-0.3, -0.25) is 9.78 Å². The third kappa shape index (κ3) is 2.53. The first-order chi connectivity index (χ1) is 8.63. The lowest BCUT2D eigenvalue weighted by Gasteiger charge is -2.28. The molecule has 0 spiro atoms. The van der Waals surface area contributed by atoms with Crippen LogP contribution in [0.5, 0.6) is 0 Å². The van der Waals surface area contributed by atoms with Gasteiger partial charge >= 0.3 is 0 Å². The van der Waals surface area contributed by atoms with Crippen molar-refractivity contribution in [3.8, 4) is 0 Å². The van der Waals surface area contributed by atoms with E-state index in [1.54, 1.807) is 13.3 Å². The number of ether oxygens (including phenoxy) is 1. The molecule has 0 unspecified atom stereocenters. The Morgan fingerprint density at radius 1 is 1.39 bits per heavy atom. The molecule has 98 valence electrons. The number of nitrogens with two attached hydrogens (primary N) is 1. The van der Waals surface area contributed by atoms with E-state index in [1.165, 1.54) is 5.56 Å². The first-order valence-electron chi connectivity index (χ1n) is 6.41. The SMILES string of the molecule is COC1CCC(c2ccnc(C(N)=O)c2C)CC1. The molecule has 0 aromatic carbocycles. The monoisotopic (exact) mass is 248 g/mol. The highest BCUT2D eigenvalue weighted by Crippen LogP contribution is 2.35. The summed E-state index contributed by atoms with van der Waals surface area (Å²) in [6.07, 6.45) is 6.43. The molecule has 1 aliphatic carbocycles. The zero-order chi connectivity index (χ0) is 13.1. The number of hydrogen-bond acceptors (Lipinski definition) is 3. The summed E-state index contributed by atoms with van der Waals surface area (Å²) in [6, 6.07) is 2.01. The molecule has 1 aromatic rings. The van der Waals surface area contributed by atoms with Gasteiger partial charge in [-0.15, -0.1) is 0 Å². The van der Waals surface area contributed by atoms with Gasteiger partial charge in [0.2, 0.25) is 0 Å². The maximum absolute atomic E-state index is 11.3. The maximum Gasteiger partial charge on any atom is 0.267 e. The van der Waals surface area contributed by atoms with Crippen LogP contribution in [0.4, 0.5) is 0 Å². The third-order valence-electron chi connectivity index (χ3n) is 3.93. The zero-order valence-electron chi connectivity index (χ0n) is 11.0. The smallest absolute Gasteiger partial charge is 0.267 e. The van der Waals surface area contributed by atoms with Crippen LogP contribution in [0.15, 0.2) is 12.3 Å². The van der Waals surface area contributed by atoms with Crippen LogP contribution in [0.1, 0.15) is 53.2 Å². The van der Waals surface area contributed by atoms with Crippen molar-refractivity contribution >= 4 is 5.91 Å². The number of nitrogens with zero attached hydrogens (tertiary/aromatic N) is 1. The van der Waals surface area contributed by atoms with Gasteiger partial charge in [0.25, 0.3) is 5.91 Å². The molecule has 0 saturated heterocycles. The third-order valence-corrected chi connectivity index (χ3v) is 3.93. The number of amides is 1. The summed E-state index contributed by atoms with van der Waals surface area (Å²) in [7, 11) is 1.77. The van der Waals surface area contributed by atoms with Crippen LogP contribution in [0.2, 0.25) is 0 Å². The van der Waals surface area contributed by atoms with E-state index in [9.17, 15) is 4.79 Å². The quantitative estimate of drug-likeness (QED) is 0.891. The first kappa shape index (κ1) is 13.0. The van der Waals surface area contributed by atoms with Gasteiger partial charge in [-0.1, -0.05) is 0 Å². The number of primary amides is 1. The van der Waals surface area contributed by atoms with Crippen LogP contribution in [-0.2, 0) is 4.74 Å². The molecule has 1 fully saturated rings. The molecule has 2 rings (SSSR count). The number of aromatic nitrogens is 1. The van der Waals surface area contributed by atoms with Gasteiger partial charge in [0.1, 0.15) is 5.69 Å². The maximum atomic E-state index is 11.3. The number of hydrogen-bond donors (Lipinski definition) is 1. The minimum Gasteiger partial charge on any atom is -0.381 e. The molecule has 2 N–H and O–H groups in total. The Bertz CT molecular complexity index is 437. The minimum absolute atomic E-state index is 0.388. The van der Waals surface area contributed by atoms with Gasteiger partial charge in [0, 0.05) is 13.3 Å². The second kappa shape index (κ2) is 5.48. The second-order valence-corrected chi connectivity index (χ2v) is 4.95. The summed E-state index contributed by atoms with van der Waals surface area (Å²) in [4.78, 5) is 15.4. The van der Waals surface area contributed by atoms with Crippen LogP contribution in [0, 0.1) is 6.92 Å². The van der Waals surface area contributed by atoms with Gasteiger partial charge in [-0.05, 0) is 55.7 Å². The average molecular weight is 248 g/mol. The molecule has 4 nitrogen and oxygen atoms in total. The standard InChI is InChI=1S/C14H20N2O2/c1-9-12(7-8-16-13(9)14(15)17)10-3-5-11(18-2)6-4-10/h7-8,10-11H,3-6H2,1-2H3,(H2,15,17). The van der Waals surface area contributed by atoms with Crippen molar-refractivity contribution in [2.24, 2.45) is 5.73 Å². The summed E-state index contributed by atoms with van der Waals surface area (Å²) in [6.45, 7) is 1.94. The van der Waals surface area contributed by atoms with E-state index in [-0.39, 0.29) is 0 Å². The van der Waals surface area contributed by atoms with Gasteiger partial charge < -0.3 is 10.5 Å². The van der Waals surface area contributed by atoms with Crippen molar-refractivity contribution in [1.82, 2.24) is 4.98 Å². The van der Waals surface area contributed by atoms with E-state index in [4.69, 9.17) is 10.5 Å². The van der Waals surface area contributed by atoms with Crippen LogP contribution >= 0.6 is 0 Å². The number of methoxy groups -OCH3 is 1. The Morgan fingerprint density at radius 3 is 2.61 bits per heavy atom. The zero-order valence-corrected chi connectivity index (χ0v) is 11.0. The molecule has 18 heavy (non-hydrogen) atoms. The van der Waals surface area contributed by atoms with E-state index in [1.807, 2.05) is 13.0 Å². The van der Waals surface area contributed by atoms with Crippen molar-refractivity contribution in [3.05, 3.63) is 29.1 Å². The van der Waals surface area contributed by atoms with Crippen LogP contribution < -0.4 is 5.73 Å². The summed E-state index contributed by atoms with van der Waals surface area (Å²) >= 11 is 0. The van der Waals surface area contributed by atoms with Gasteiger partial charge in [0.15, 0.2) is 0 Å². The summed E-state index contributed by atoms with van der Waals surface area (Å²) in [5.74, 6) is 0.0532. The molecular formula is C14H20N2O2. The number of carbonyl (C=O) groups excluding carboxylic acids is 1. The molecule has 0 radical (unpaired) electrons. The predicted molar refractivity (Wildman–Crippen MR) is 69.5 cm³/mol. The first-order valence-corrected chi connectivity index (χ1v) is 6.41. The Hall–Kier alpha value is -1.42.